The highest BCUT2D eigenvalue weighted by Crippen LogP contribution is 2.56. The van der Waals surface area contributed by atoms with E-state index in [4.69, 9.17) is 4.74 Å². The highest BCUT2D eigenvalue weighted by atomic mass is 16.5. The van der Waals surface area contributed by atoms with Gasteiger partial charge in [-0.3, -0.25) is 4.99 Å². The summed E-state index contributed by atoms with van der Waals surface area (Å²) >= 11 is 0. The Morgan fingerprint density at radius 2 is 2.19 bits per heavy atom. The zero-order chi connectivity index (χ0) is 18.3. The molecule has 26 heavy (non-hydrogen) atoms. The van der Waals surface area contributed by atoms with Crippen LogP contribution in [0.4, 0.5) is 5.69 Å². The van der Waals surface area contributed by atoms with Gasteiger partial charge in [-0.25, -0.2) is 0 Å². The number of likely N-dealkylation sites (tertiary alicyclic amines) is 1. The molecule has 3 aliphatic rings. The molecule has 4 rings (SSSR count). The summed E-state index contributed by atoms with van der Waals surface area (Å²) < 4.78 is 5.82. The molecule has 1 aromatic carbocycles. The maximum Gasteiger partial charge on any atom is 0.142 e. The molecule has 0 spiro atoms. The Bertz CT molecular complexity index is 728. The summed E-state index contributed by atoms with van der Waals surface area (Å²) in [5, 5.41) is 0. The molecule has 2 aliphatic carbocycles. The number of likely N-dealkylation sites (N-methyl/N-ethyl adjacent to an activating group) is 1. The van der Waals surface area contributed by atoms with Crippen molar-refractivity contribution in [3.63, 3.8) is 0 Å². The average Bonchev–Trinajstić information content (AvgIpc) is 2.68. The first-order valence-corrected chi connectivity index (χ1v) is 9.87. The molecule has 1 heterocycles. The molecule has 140 valence electrons. The van der Waals surface area contributed by atoms with E-state index in [2.05, 4.69) is 40.7 Å². The van der Waals surface area contributed by atoms with Crippen LogP contribution >= 0.6 is 0 Å². The molecule has 0 unspecified atom stereocenters. The number of methoxy groups -OCH3 is 1. The summed E-state index contributed by atoms with van der Waals surface area (Å²) in [4.78, 5) is 8.53. The number of aliphatic imine (C=N–C) groups is 1. The first kappa shape index (κ1) is 17.6. The van der Waals surface area contributed by atoms with Crippen LogP contribution in [0.1, 0.15) is 43.2 Å². The standard InChI is InChI=1S/C22H31N3O/c1-23-10-12-25(3)20-14-16-13-19-17-7-5-6-8-22(17,9-11-24(19)2)18(16)15-21(20)26-4/h10,12,14-15,17,19H,1,5-9,11,13H2,2-4H3/b12-10-/t17-,19+,22+/m1/s1. The molecule has 3 atom stereocenters. The molecular weight excluding hydrogens is 322 g/mol. The van der Waals surface area contributed by atoms with Crippen LogP contribution in [0.5, 0.6) is 5.75 Å². The molecule has 1 saturated heterocycles. The van der Waals surface area contributed by atoms with Gasteiger partial charge in [0.15, 0.2) is 0 Å². The Morgan fingerprint density at radius 1 is 1.35 bits per heavy atom. The molecule has 0 amide bonds. The van der Waals surface area contributed by atoms with E-state index in [1.54, 1.807) is 18.9 Å². The lowest BCUT2D eigenvalue weighted by atomic mass is 9.52. The average molecular weight is 354 g/mol. The van der Waals surface area contributed by atoms with E-state index in [9.17, 15) is 0 Å². The number of nitrogens with zero attached hydrogens (tertiary/aromatic N) is 3. The van der Waals surface area contributed by atoms with Crippen molar-refractivity contribution in [2.45, 2.75) is 50.0 Å². The maximum absolute atomic E-state index is 5.82. The zero-order valence-corrected chi connectivity index (χ0v) is 16.4. The van der Waals surface area contributed by atoms with Gasteiger partial charge in [-0.2, -0.15) is 0 Å². The Kier molecular flexibility index (Phi) is 4.55. The summed E-state index contributed by atoms with van der Waals surface area (Å²) in [5.74, 6) is 1.77. The van der Waals surface area contributed by atoms with Gasteiger partial charge in [-0.05, 0) is 75.2 Å². The fraction of sp³-hybridized carbons (Fsp3) is 0.591. The van der Waals surface area contributed by atoms with Gasteiger partial charge in [0, 0.05) is 30.9 Å². The second-order valence-corrected chi connectivity index (χ2v) is 8.28. The molecule has 2 bridgehead atoms. The number of rotatable bonds is 4. The maximum atomic E-state index is 5.82. The van der Waals surface area contributed by atoms with Crippen molar-refractivity contribution < 1.29 is 4.74 Å². The Labute approximate surface area is 157 Å². The summed E-state index contributed by atoms with van der Waals surface area (Å²) in [6.07, 6.45) is 11.6. The molecule has 0 aromatic heterocycles. The van der Waals surface area contributed by atoms with Crippen LogP contribution in [0.3, 0.4) is 0 Å². The van der Waals surface area contributed by atoms with E-state index in [1.807, 2.05) is 13.2 Å². The van der Waals surface area contributed by atoms with E-state index in [-0.39, 0.29) is 0 Å². The summed E-state index contributed by atoms with van der Waals surface area (Å²) in [7, 11) is 6.15. The molecule has 4 heteroatoms. The molecular formula is C22H31N3O. The van der Waals surface area contributed by atoms with Gasteiger partial charge in [0.05, 0.1) is 12.8 Å². The molecule has 1 saturated carbocycles. The minimum Gasteiger partial charge on any atom is -0.495 e. The van der Waals surface area contributed by atoms with Crippen LogP contribution in [-0.4, -0.2) is 45.4 Å². The predicted octanol–water partition coefficient (Wildman–Crippen LogP) is 3.99. The number of piperidine rings is 1. The van der Waals surface area contributed by atoms with Crippen molar-refractivity contribution in [1.29, 1.82) is 0 Å². The van der Waals surface area contributed by atoms with E-state index in [0.717, 1.165) is 23.8 Å². The third-order valence-corrected chi connectivity index (χ3v) is 7.18. The van der Waals surface area contributed by atoms with Crippen molar-refractivity contribution in [2.24, 2.45) is 10.9 Å². The lowest BCUT2D eigenvalue weighted by Gasteiger charge is -2.58. The van der Waals surface area contributed by atoms with Gasteiger partial charge in [-0.15, -0.1) is 0 Å². The third kappa shape index (κ3) is 2.58. The van der Waals surface area contributed by atoms with Gasteiger partial charge >= 0.3 is 0 Å². The van der Waals surface area contributed by atoms with Crippen LogP contribution in [0.15, 0.2) is 29.5 Å². The van der Waals surface area contributed by atoms with Crippen molar-refractivity contribution >= 4 is 12.4 Å². The Hall–Kier alpha value is -1.81. The van der Waals surface area contributed by atoms with Gasteiger partial charge in [0.25, 0.3) is 0 Å². The molecule has 1 aromatic rings. The van der Waals surface area contributed by atoms with E-state index in [0.29, 0.717) is 11.5 Å². The SMILES string of the molecule is C=N/C=C\N(C)c1cc2c(cc1OC)[C@]13CCCC[C@@H]1[C@H](C2)N(C)CC3. The fourth-order valence-corrected chi connectivity index (χ4v) is 5.89. The van der Waals surface area contributed by atoms with Crippen LogP contribution < -0.4 is 9.64 Å². The molecule has 4 nitrogen and oxygen atoms in total. The molecule has 0 radical (unpaired) electrons. The largest absolute Gasteiger partial charge is 0.495 e. The number of hydrogen-bond donors (Lipinski definition) is 0. The summed E-state index contributed by atoms with van der Waals surface area (Å²) in [6, 6.07) is 5.41. The van der Waals surface area contributed by atoms with Crippen molar-refractivity contribution in [2.75, 3.05) is 32.6 Å². The highest BCUT2D eigenvalue weighted by molar-refractivity contribution is 5.65. The number of hydrogen-bond acceptors (Lipinski definition) is 4. The van der Waals surface area contributed by atoms with E-state index < -0.39 is 0 Å². The Balaban J connectivity index is 1.83. The van der Waals surface area contributed by atoms with Gasteiger partial charge in [0.2, 0.25) is 0 Å². The monoisotopic (exact) mass is 353 g/mol. The fourth-order valence-electron chi connectivity index (χ4n) is 5.89. The van der Waals surface area contributed by atoms with Crippen molar-refractivity contribution in [1.82, 2.24) is 4.90 Å². The van der Waals surface area contributed by atoms with Gasteiger partial charge < -0.3 is 14.5 Å². The topological polar surface area (TPSA) is 28.1 Å². The van der Waals surface area contributed by atoms with Gasteiger partial charge in [0.1, 0.15) is 5.75 Å². The smallest absolute Gasteiger partial charge is 0.142 e. The third-order valence-electron chi connectivity index (χ3n) is 7.18. The summed E-state index contributed by atoms with van der Waals surface area (Å²) in [5.41, 5.74) is 4.57. The number of ether oxygens (including phenoxy) is 1. The van der Waals surface area contributed by atoms with Crippen molar-refractivity contribution in [3.8, 4) is 5.75 Å². The minimum absolute atomic E-state index is 0.367. The van der Waals surface area contributed by atoms with Crippen LogP contribution in [0.25, 0.3) is 0 Å². The molecule has 1 aliphatic heterocycles. The molecule has 2 fully saturated rings. The lowest BCUT2D eigenvalue weighted by Crippen LogP contribution is -2.59. The van der Waals surface area contributed by atoms with Crippen LogP contribution in [0, 0.1) is 5.92 Å². The second kappa shape index (κ2) is 6.73. The number of benzene rings is 1. The normalized spacial score (nSPS) is 30.6. The predicted molar refractivity (Wildman–Crippen MR) is 108 cm³/mol. The first-order chi connectivity index (χ1) is 12.6. The number of fused-ring (bicyclic) bond motifs is 1. The van der Waals surface area contributed by atoms with Crippen molar-refractivity contribution in [3.05, 3.63) is 35.7 Å². The molecule has 0 N–H and O–H groups in total. The lowest BCUT2D eigenvalue weighted by molar-refractivity contribution is 0.00276. The van der Waals surface area contributed by atoms with Crippen LogP contribution in [0.2, 0.25) is 0 Å². The quantitative estimate of drug-likeness (QED) is 0.766. The summed E-state index contributed by atoms with van der Waals surface area (Å²) in [6.45, 7) is 4.75. The minimum atomic E-state index is 0.367. The second-order valence-electron chi connectivity index (χ2n) is 8.28. The highest BCUT2D eigenvalue weighted by Gasteiger charge is 2.53. The van der Waals surface area contributed by atoms with E-state index >= 15 is 0 Å². The first-order valence-electron chi connectivity index (χ1n) is 9.87. The Morgan fingerprint density at radius 3 is 2.96 bits per heavy atom. The zero-order valence-electron chi connectivity index (χ0n) is 16.4. The van der Waals surface area contributed by atoms with E-state index in [1.165, 1.54) is 44.2 Å². The van der Waals surface area contributed by atoms with Crippen LogP contribution in [-0.2, 0) is 11.8 Å². The number of anilines is 1. The van der Waals surface area contributed by atoms with Gasteiger partial charge in [-0.1, -0.05) is 12.8 Å².